The summed E-state index contributed by atoms with van der Waals surface area (Å²) in [5.74, 6) is -2.47. The highest BCUT2D eigenvalue weighted by Crippen LogP contribution is 2.12. The van der Waals surface area contributed by atoms with Gasteiger partial charge in [0.1, 0.15) is 31.5 Å². The molecule has 0 bridgehead atoms. The smallest absolute Gasteiger partial charge is 0.417 e. The van der Waals surface area contributed by atoms with Gasteiger partial charge in [-0.3, -0.25) is 9.59 Å². The summed E-state index contributed by atoms with van der Waals surface area (Å²) < 4.78 is 15.2. The fourth-order valence-electron chi connectivity index (χ4n) is 2.53. The highest BCUT2D eigenvalue weighted by molar-refractivity contribution is 5.92. The van der Waals surface area contributed by atoms with E-state index in [-0.39, 0.29) is 13.2 Å². The lowest BCUT2D eigenvalue weighted by Crippen LogP contribution is -2.43. The van der Waals surface area contributed by atoms with Crippen LogP contribution in [0.5, 0.6) is 0 Å². The first-order valence-electron chi connectivity index (χ1n) is 10.3. The van der Waals surface area contributed by atoms with E-state index < -0.39 is 48.8 Å². The second-order valence-electron chi connectivity index (χ2n) is 8.11. The number of nitrogens with zero attached hydrogens (tertiary/aromatic N) is 1. The van der Waals surface area contributed by atoms with Crippen molar-refractivity contribution in [3.05, 3.63) is 35.9 Å². The van der Waals surface area contributed by atoms with Crippen molar-refractivity contribution in [3.63, 3.8) is 0 Å². The maximum absolute atomic E-state index is 12.4. The number of rotatable bonds is 12. The lowest BCUT2D eigenvalue weighted by molar-refractivity contribution is -0.147. The zero-order chi connectivity index (χ0) is 24.1. The number of hydrogen-bond donors (Lipinski definition) is 2. The van der Waals surface area contributed by atoms with Crippen LogP contribution in [0.15, 0.2) is 30.3 Å². The molecule has 0 aliphatic rings. The van der Waals surface area contributed by atoms with Crippen molar-refractivity contribution in [3.8, 4) is 0 Å². The SMILES string of the molecule is CC(C)(C)OC(=O)N(CCCC[C@H](N)C(=O)OCc1ccccc1)C(=O)COCC(=O)O. The number of carbonyl (C=O) groups excluding carboxylic acids is 3. The van der Waals surface area contributed by atoms with Crippen LogP contribution >= 0.6 is 0 Å². The molecule has 1 aromatic carbocycles. The average molecular weight is 453 g/mol. The Hall–Kier alpha value is -2.98. The number of esters is 1. The van der Waals surface area contributed by atoms with Gasteiger partial charge in [0.15, 0.2) is 0 Å². The zero-order valence-corrected chi connectivity index (χ0v) is 18.7. The van der Waals surface area contributed by atoms with E-state index in [2.05, 4.69) is 0 Å². The fraction of sp³-hybridized carbons (Fsp3) is 0.545. The standard InChI is InChI=1S/C22H32N2O8/c1-22(2,3)32-21(29)24(18(25)14-30-15-19(26)27)12-8-7-11-17(23)20(28)31-13-16-9-5-4-6-10-16/h4-6,9-10,17H,7-8,11-15,23H2,1-3H3,(H,26,27)/t17-/m0/s1. The molecule has 0 aromatic heterocycles. The summed E-state index contributed by atoms with van der Waals surface area (Å²) in [5.41, 5.74) is 5.91. The van der Waals surface area contributed by atoms with Crippen LogP contribution in [0, 0.1) is 0 Å². The lowest BCUT2D eigenvalue weighted by Gasteiger charge is -2.26. The number of amides is 2. The summed E-state index contributed by atoms with van der Waals surface area (Å²) in [6, 6.07) is 8.38. The van der Waals surface area contributed by atoms with E-state index in [9.17, 15) is 19.2 Å². The van der Waals surface area contributed by atoms with Crippen molar-refractivity contribution in [1.82, 2.24) is 4.90 Å². The molecule has 0 radical (unpaired) electrons. The van der Waals surface area contributed by atoms with Gasteiger partial charge in [0, 0.05) is 6.54 Å². The molecular formula is C22H32N2O8. The summed E-state index contributed by atoms with van der Waals surface area (Å²) in [4.78, 5) is 48.1. The van der Waals surface area contributed by atoms with Crippen LogP contribution in [0.2, 0.25) is 0 Å². The minimum Gasteiger partial charge on any atom is -0.480 e. The Labute approximate surface area is 187 Å². The number of benzene rings is 1. The van der Waals surface area contributed by atoms with E-state index in [0.29, 0.717) is 19.3 Å². The van der Waals surface area contributed by atoms with Crippen LogP contribution < -0.4 is 5.73 Å². The summed E-state index contributed by atoms with van der Waals surface area (Å²) in [6.45, 7) is 3.89. The Morgan fingerprint density at radius 2 is 1.72 bits per heavy atom. The number of unbranched alkanes of at least 4 members (excludes halogenated alkanes) is 1. The van der Waals surface area contributed by atoms with Gasteiger partial charge in [-0.25, -0.2) is 14.5 Å². The first kappa shape index (κ1) is 27.1. The van der Waals surface area contributed by atoms with Crippen molar-refractivity contribution in [2.75, 3.05) is 19.8 Å². The minimum atomic E-state index is -1.23. The monoisotopic (exact) mass is 452 g/mol. The Bertz CT molecular complexity index is 761. The highest BCUT2D eigenvalue weighted by atomic mass is 16.6. The van der Waals surface area contributed by atoms with E-state index in [4.69, 9.17) is 25.1 Å². The lowest BCUT2D eigenvalue weighted by atomic mass is 10.1. The normalized spacial score (nSPS) is 12.0. The number of aliphatic carboxylic acids is 1. The second-order valence-corrected chi connectivity index (χ2v) is 8.11. The third kappa shape index (κ3) is 11.4. The predicted molar refractivity (Wildman–Crippen MR) is 114 cm³/mol. The van der Waals surface area contributed by atoms with Gasteiger partial charge in [-0.15, -0.1) is 0 Å². The van der Waals surface area contributed by atoms with Gasteiger partial charge in [0.05, 0.1) is 0 Å². The third-order valence-corrected chi connectivity index (χ3v) is 4.04. The van der Waals surface area contributed by atoms with Crippen molar-refractivity contribution in [2.45, 2.75) is 58.3 Å². The van der Waals surface area contributed by atoms with E-state index in [1.54, 1.807) is 20.8 Å². The molecule has 1 aromatic rings. The summed E-state index contributed by atoms with van der Waals surface area (Å²) in [6.07, 6.45) is 0.265. The summed E-state index contributed by atoms with van der Waals surface area (Å²) in [5, 5.41) is 8.61. The number of carbonyl (C=O) groups is 4. The number of ether oxygens (including phenoxy) is 3. The molecule has 0 aliphatic carbocycles. The maximum Gasteiger partial charge on any atom is 0.417 e. The molecule has 0 saturated carbocycles. The second kappa shape index (κ2) is 13.4. The Kier molecular flexibility index (Phi) is 11.4. The van der Waals surface area contributed by atoms with Crippen LogP contribution in [0.4, 0.5) is 4.79 Å². The van der Waals surface area contributed by atoms with Gasteiger partial charge >= 0.3 is 18.0 Å². The van der Waals surface area contributed by atoms with Crippen LogP contribution in [-0.4, -0.2) is 65.3 Å². The first-order chi connectivity index (χ1) is 15.0. The average Bonchev–Trinajstić information content (AvgIpc) is 2.70. The molecule has 0 spiro atoms. The number of hydrogen-bond acceptors (Lipinski definition) is 8. The summed E-state index contributed by atoms with van der Waals surface area (Å²) in [7, 11) is 0. The van der Waals surface area contributed by atoms with Crippen LogP contribution in [0.25, 0.3) is 0 Å². The molecule has 0 heterocycles. The van der Waals surface area contributed by atoms with Crippen LogP contribution in [0.3, 0.4) is 0 Å². The largest absolute Gasteiger partial charge is 0.480 e. The molecule has 1 rings (SSSR count). The van der Waals surface area contributed by atoms with E-state index >= 15 is 0 Å². The van der Waals surface area contributed by atoms with Crippen molar-refractivity contribution in [1.29, 1.82) is 0 Å². The molecule has 0 fully saturated rings. The van der Waals surface area contributed by atoms with Gasteiger partial charge < -0.3 is 25.1 Å². The summed E-state index contributed by atoms with van der Waals surface area (Å²) >= 11 is 0. The molecule has 3 N–H and O–H groups in total. The molecule has 1 atom stereocenters. The third-order valence-electron chi connectivity index (χ3n) is 4.04. The number of nitrogens with two attached hydrogens (primary N) is 1. The van der Waals surface area contributed by atoms with Gasteiger partial charge in [-0.1, -0.05) is 30.3 Å². The van der Waals surface area contributed by atoms with Gasteiger partial charge in [-0.05, 0) is 45.6 Å². The predicted octanol–water partition coefficient (Wildman–Crippen LogP) is 2.09. The van der Waals surface area contributed by atoms with Crippen LogP contribution in [0.1, 0.15) is 45.6 Å². The first-order valence-corrected chi connectivity index (χ1v) is 10.3. The van der Waals surface area contributed by atoms with Crippen molar-refractivity contribution >= 4 is 23.9 Å². The fourth-order valence-corrected chi connectivity index (χ4v) is 2.53. The van der Waals surface area contributed by atoms with Crippen molar-refractivity contribution < 1.29 is 38.5 Å². The maximum atomic E-state index is 12.4. The quantitative estimate of drug-likeness (QED) is 0.359. The highest BCUT2D eigenvalue weighted by Gasteiger charge is 2.27. The van der Waals surface area contributed by atoms with Gasteiger partial charge in [-0.2, -0.15) is 0 Å². The molecular weight excluding hydrogens is 420 g/mol. The van der Waals surface area contributed by atoms with Gasteiger partial charge in [0.2, 0.25) is 0 Å². The topological polar surface area (TPSA) is 145 Å². The van der Waals surface area contributed by atoms with Gasteiger partial charge in [0.25, 0.3) is 5.91 Å². The Morgan fingerprint density at radius 3 is 2.31 bits per heavy atom. The molecule has 10 heteroatoms. The van der Waals surface area contributed by atoms with E-state index in [1.165, 1.54) is 0 Å². The molecule has 0 aliphatic heterocycles. The minimum absolute atomic E-state index is 0.00988. The molecule has 0 unspecified atom stereocenters. The number of imide groups is 1. The Morgan fingerprint density at radius 1 is 1.06 bits per heavy atom. The Balaban J connectivity index is 2.49. The molecule has 32 heavy (non-hydrogen) atoms. The zero-order valence-electron chi connectivity index (χ0n) is 18.7. The molecule has 2 amide bonds. The van der Waals surface area contributed by atoms with E-state index in [1.807, 2.05) is 30.3 Å². The van der Waals surface area contributed by atoms with E-state index in [0.717, 1.165) is 10.5 Å². The van der Waals surface area contributed by atoms with Crippen LogP contribution in [-0.2, 0) is 35.2 Å². The molecule has 178 valence electrons. The molecule has 0 saturated heterocycles. The number of carboxylic acid groups (broad SMARTS) is 1. The van der Waals surface area contributed by atoms with Crippen molar-refractivity contribution in [2.24, 2.45) is 5.73 Å². The molecule has 10 nitrogen and oxygen atoms in total. The number of carboxylic acids is 1.